The van der Waals surface area contributed by atoms with E-state index in [1.807, 2.05) is 4.90 Å². The number of fused-ring (bicyclic) bond motifs is 3. The molecule has 0 saturated carbocycles. The van der Waals surface area contributed by atoms with E-state index in [1.54, 1.807) is 6.07 Å². The Bertz CT molecular complexity index is 973. The van der Waals surface area contributed by atoms with Crippen molar-refractivity contribution in [1.82, 2.24) is 15.0 Å². The van der Waals surface area contributed by atoms with Crippen LogP contribution in [-0.4, -0.2) is 66.1 Å². The van der Waals surface area contributed by atoms with Crippen LogP contribution in [-0.2, 0) is 4.74 Å². The van der Waals surface area contributed by atoms with Crippen LogP contribution in [0.25, 0.3) is 11.3 Å². The van der Waals surface area contributed by atoms with Crippen molar-refractivity contribution in [3.05, 3.63) is 18.3 Å². The molecule has 8 nitrogen and oxygen atoms in total. The van der Waals surface area contributed by atoms with E-state index in [1.165, 1.54) is 12.3 Å². The summed E-state index contributed by atoms with van der Waals surface area (Å²) in [4.78, 5) is 17.4. The van der Waals surface area contributed by atoms with Gasteiger partial charge in [-0.25, -0.2) is 14.4 Å². The number of halogens is 3. The molecule has 4 saturated heterocycles. The number of morpholine rings is 1. The van der Waals surface area contributed by atoms with Crippen molar-refractivity contribution >= 4 is 17.6 Å². The van der Waals surface area contributed by atoms with E-state index in [-0.39, 0.29) is 30.3 Å². The minimum Gasteiger partial charge on any atom is -0.431 e. The molecule has 4 aliphatic heterocycles. The molecular weight excluding hydrogens is 425 g/mol. The average Bonchev–Trinajstić information content (AvgIpc) is 2.80. The number of ether oxygens (including phenoxy) is 2. The minimum absolute atomic E-state index is 0.134. The molecule has 0 spiro atoms. The maximum atomic E-state index is 14.1. The first-order valence-electron chi connectivity index (χ1n) is 10.8. The molecule has 2 bridgehead atoms. The van der Waals surface area contributed by atoms with Crippen molar-refractivity contribution in [2.24, 2.45) is 0 Å². The number of nitrogens with two attached hydrogens (primary N) is 1. The van der Waals surface area contributed by atoms with Crippen molar-refractivity contribution in [3.63, 3.8) is 0 Å². The number of pyridine rings is 1. The molecule has 6 heterocycles. The summed E-state index contributed by atoms with van der Waals surface area (Å²) < 4.78 is 50.0. The number of anilines is 3. The lowest BCUT2D eigenvalue weighted by molar-refractivity contribution is -0.0494. The molecule has 32 heavy (non-hydrogen) atoms. The molecule has 2 N–H and O–H groups in total. The van der Waals surface area contributed by atoms with Gasteiger partial charge in [0.2, 0.25) is 5.95 Å². The Morgan fingerprint density at radius 2 is 2.03 bits per heavy atom. The Balaban J connectivity index is 1.55. The summed E-state index contributed by atoms with van der Waals surface area (Å²) in [5, 5.41) is 0. The molecule has 4 aliphatic rings. The van der Waals surface area contributed by atoms with Gasteiger partial charge in [-0.05, 0) is 31.7 Å². The minimum atomic E-state index is -3.02. The highest BCUT2D eigenvalue weighted by Crippen LogP contribution is 2.34. The summed E-state index contributed by atoms with van der Waals surface area (Å²) in [6, 6.07) is 3.40. The fourth-order valence-electron chi connectivity index (χ4n) is 4.58. The van der Waals surface area contributed by atoms with E-state index >= 15 is 0 Å². The Morgan fingerprint density at radius 3 is 2.72 bits per heavy atom. The smallest absolute Gasteiger partial charge is 0.387 e. The third-order valence-electron chi connectivity index (χ3n) is 6.22. The van der Waals surface area contributed by atoms with E-state index < -0.39 is 12.8 Å². The molecule has 1 unspecified atom stereocenters. The zero-order chi connectivity index (χ0) is 22.2. The van der Waals surface area contributed by atoms with Crippen molar-refractivity contribution in [2.75, 3.05) is 41.8 Å². The molecule has 6 rings (SSSR count). The van der Waals surface area contributed by atoms with Crippen molar-refractivity contribution in [2.45, 2.75) is 50.6 Å². The van der Waals surface area contributed by atoms with Gasteiger partial charge in [0, 0.05) is 30.9 Å². The van der Waals surface area contributed by atoms with E-state index in [0.717, 1.165) is 12.8 Å². The van der Waals surface area contributed by atoms with Crippen LogP contribution in [0.2, 0.25) is 0 Å². The van der Waals surface area contributed by atoms with Gasteiger partial charge in [0.05, 0.1) is 31.0 Å². The highest BCUT2D eigenvalue weighted by Gasteiger charge is 2.36. The van der Waals surface area contributed by atoms with Crippen LogP contribution in [0.15, 0.2) is 18.3 Å². The Kier molecular flexibility index (Phi) is 5.66. The number of alkyl halides is 3. The summed E-state index contributed by atoms with van der Waals surface area (Å²) in [5.74, 6) is 0.768. The van der Waals surface area contributed by atoms with Gasteiger partial charge in [-0.1, -0.05) is 0 Å². The van der Waals surface area contributed by atoms with Crippen LogP contribution >= 0.6 is 0 Å². The average molecular weight is 450 g/mol. The van der Waals surface area contributed by atoms with Crippen molar-refractivity contribution in [1.29, 1.82) is 0 Å². The van der Waals surface area contributed by atoms with E-state index in [4.69, 9.17) is 15.5 Å². The molecule has 0 aromatic carbocycles. The number of aromatic nitrogens is 3. The topological polar surface area (TPSA) is 89.6 Å². The molecule has 0 amide bonds. The monoisotopic (exact) mass is 450 g/mol. The maximum absolute atomic E-state index is 14.1. The second-order valence-electron chi connectivity index (χ2n) is 8.42. The number of nitrogens with zero attached hydrogens (tertiary/aromatic N) is 5. The largest absolute Gasteiger partial charge is 0.431 e. The third kappa shape index (κ3) is 4.25. The number of nitrogen functional groups attached to an aromatic ring is 1. The van der Waals surface area contributed by atoms with Gasteiger partial charge in [-0.3, -0.25) is 0 Å². The summed E-state index contributed by atoms with van der Waals surface area (Å²) in [5.41, 5.74) is 6.64. The third-order valence-corrected chi connectivity index (χ3v) is 6.22. The number of hydrogen-bond donors (Lipinski definition) is 1. The summed E-state index contributed by atoms with van der Waals surface area (Å²) in [6.07, 6.45) is 3.92. The van der Waals surface area contributed by atoms with Gasteiger partial charge >= 0.3 is 6.61 Å². The van der Waals surface area contributed by atoms with E-state index in [0.29, 0.717) is 55.6 Å². The second-order valence-corrected chi connectivity index (χ2v) is 8.42. The normalized spacial score (nSPS) is 25.4. The molecule has 3 atom stereocenters. The first-order valence-corrected chi connectivity index (χ1v) is 10.8. The second kappa shape index (κ2) is 8.61. The molecule has 172 valence electrons. The Morgan fingerprint density at radius 1 is 1.16 bits per heavy atom. The van der Waals surface area contributed by atoms with E-state index in [2.05, 4.69) is 19.6 Å². The zero-order valence-corrected chi connectivity index (χ0v) is 17.5. The van der Waals surface area contributed by atoms with Crippen molar-refractivity contribution in [3.8, 4) is 17.0 Å². The first-order chi connectivity index (χ1) is 15.5. The van der Waals surface area contributed by atoms with Crippen LogP contribution in [0.1, 0.15) is 25.7 Å². The first kappa shape index (κ1) is 21.0. The Labute approximate surface area is 183 Å². The fourth-order valence-corrected chi connectivity index (χ4v) is 4.58. The quantitative estimate of drug-likeness (QED) is 0.744. The summed E-state index contributed by atoms with van der Waals surface area (Å²) >= 11 is 0. The highest BCUT2D eigenvalue weighted by atomic mass is 19.3. The van der Waals surface area contributed by atoms with Crippen molar-refractivity contribution < 1.29 is 22.6 Å². The van der Waals surface area contributed by atoms with Crippen LogP contribution < -0.4 is 20.3 Å². The van der Waals surface area contributed by atoms with Gasteiger partial charge in [-0.15, -0.1) is 0 Å². The SMILES string of the molecule is Nc1ncc(-c2cc(N3C[C@@H]4CC[C@H]3CO4)nc(N3CCCC(F)C3)n2)cc1OC(F)F. The molecule has 4 fully saturated rings. The van der Waals surface area contributed by atoms with Crippen LogP contribution in [0.5, 0.6) is 5.75 Å². The lowest BCUT2D eigenvalue weighted by Gasteiger charge is -2.46. The fraction of sp³-hybridized carbons (Fsp3) is 0.571. The number of hydrogen-bond acceptors (Lipinski definition) is 8. The number of rotatable bonds is 5. The lowest BCUT2D eigenvalue weighted by atomic mass is 9.97. The molecule has 2 aromatic rings. The van der Waals surface area contributed by atoms with Crippen LogP contribution in [0.4, 0.5) is 30.8 Å². The molecule has 11 heteroatoms. The predicted molar refractivity (Wildman–Crippen MR) is 113 cm³/mol. The maximum Gasteiger partial charge on any atom is 0.387 e. The summed E-state index contributed by atoms with van der Waals surface area (Å²) in [7, 11) is 0. The molecular formula is C21H25F3N6O2. The van der Waals surface area contributed by atoms with Crippen LogP contribution in [0.3, 0.4) is 0 Å². The molecule has 0 radical (unpaired) electrons. The number of piperidine rings is 2. The predicted octanol–water partition coefficient (Wildman–Crippen LogP) is 3.03. The standard InChI is InChI=1S/C21H25F3N6O2/c22-13-2-1-5-29(9-13)21-27-16(12-6-17(32-20(23)24)19(25)26-8-12)7-18(28-21)30-10-15-4-3-14(30)11-31-15/h6-8,13-15,20H,1-5,9-11H2,(H2,25,26)/t13?,14-,15-/m0/s1. The van der Waals surface area contributed by atoms with Gasteiger partial charge in [0.25, 0.3) is 0 Å². The van der Waals surface area contributed by atoms with Gasteiger partial charge in [-0.2, -0.15) is 13.8 Å². The van der Waals surface area contributed by atoms with Gasteiger partial charge < -0.3 is 25.0 Å². The van der Waals surface area contributed by atoms with E-state index in [9.17, 15) is 13.2 Å². The van der Waals surface area contributed by atoms with Gasteiger partial charge in [0.15, 0.2) is 11.6 Å². The van der Waals surface area contributed by atoms with Gasteiger partial charge in [0.1, 0.15) is 12.0 Å². The highest BCUT2D eigenvalue weighted by molar-refractivity contribution is 5.68. The zero-order valence-electron chi connectivity index (χ0n) is 17.5. The van der Waals surface area contributed by atoms with Crippen LogP contribution in [0, 0.1) is 0 Å². The molecule has 0 aliphatic carbocycles. The lowest BCUT2D eigenvalue weighted by Crippen LogP contribution is -2.55. The summed E-state index contributed by atoms with van der Waals surface area (Å²) in [6.45, 7) is -0.808. The Hall–Kier alpha value is -2.82. The molecule has 2 aromatic heterocycles.